The van der Waals surface area contributed by atoms with E-state index in [9.17, 15) is 18.8 Å². The van der Waals surface area contributed by atoms with Crippen LogP contribution in [0.1, 0.15) is 5.56 Å². The van der Waals surface area contributed by atoms with Crippen molar-refractivity contribution in [1.29, 1.82) is 0 Å². The summed E-state index contributed by atoms with van der Waals surface area (Å²) in [6.45, 7) is -0.135. The quantitative estimate of drug-likeness (QED) is 0.812. The van der Waals surface area contributed by atoms with Crippen LogP contribution in [0, 0.1) is 23.6 Å². The molecular weight excluding hydrogens is 253 g/mol. The fourth-order valence-corrected chi connectivity index (χ4v) is 2.65. The highest BCUT2D eigenvalue weighted by atomic mass is 19.1. The predicted octanol–water partition coefficient (Wildman–Crippen LogP) is 0.641. The number of likely N-dealkylation sites (tertiary alicyclic amines) is 1. The predicted molar refractivity (Wildman–Crippen MR) is 60.1 cm³/mol. The van der Waals surface area contributed by atoms with Crippen LogP contribution in [0.3, 0.4) is 0 Å². The first-order valence-corrected chi connectivity index (χ1v) is 5.84. The number of benzene rings is 1. The van der Waals surface area contributed by atoms with Gasteiger partial charge in [0.2, 0.25) is 11.8 Å². The maximum atomic E-state index is 13.5. The van der Waals surface area contributed by atoms with Gasteiger partial charge in [-0.3, -0.25) is 19.3 Å². The number of rotatable bonds is 3. The van der Waals surface area contributed by atoms with Crippen LogP contribution in [0.2, 0.25) is 0 Å². The summed E-state index contributed by atoms with van der Waals surface area (Å²) >= 11 is 0. The number of fused-ring (bicyclic) bond motifs is 1. The van der Waals surface area contributed by atoms with Crippen molar-refractivity contribution in [2.45, 2.75) is 6.54 Å². The van der Waals surface area contributed by atoms with Crippen molar-refractivity contribution in [3.05, 3.63) is 35.6 Å². The van der Waals surface area contributed by atoms with E-state index in [1.807, 2.05) is 0 Å². The number of hydrogen-bond donors (Lipinski definition) is 1. The lowest BCUT2D eigenvalue weighted by molar-refractivity contribution is -0.149. The molecule has 2 unspecified atom stereocenters. The molecule has 2 amide bonds. The molecule has 0 aromatic heterocycles. The number of aliphatic carboxylic acids is 1. The minimum Gasteiger partial charge on any atom is -0.481 e. The molecule has 1 aliphatic heterocycles. The van der Waals surface area contributed by atoms with Crippen LogP contribution in [0.25, 0.3) is 0 Å². The third-order valence-corrected chi connectivity index (χ3v) is 3.69. The van der Waals surface area contributed by atoms with Gasteiger partial charge >= 0.3 is 5.97 Å². The van der Waals surface area contributed by atoms with E-state index in [0.717, 1.165) is 4.90 Å². The molecule has 1 saturated carbocycles. The van der Waals surface area contributed by atoms with Crippen molar-refractivity contribution in [2.24, 2.45) is 17.8 Å². The number of carbonyl (C=O) groups is 3. The number of carboxylic acid groups (broad SMARTS) is 1. The average molecular weight is 263 g/mol. The van der Waals surface area contributed by atoms with Gasteiger partial charge in [0, 0.05) is 5.56 Å². The molecule has 2 fully saturated rings. The summed E-state index contributed by atoms with van der Waals surface area (Å²) in [5, 5.41) is 8.83. The second-order valence-corrected chi connectivity index (χ2v) is 4.77. The van der Waals surface area contributed by atoms with Gasteiger partial charge in [-0.25, -0.2) is 4.39 Å². The molecule has 98 valence electrons. The normalized spacial score (nSPS) is 28.5. The SMILES string of the molecule is O=C(O)C1C2C(=O)N(Cc3ccccc3F)C(=O)C12. The molecule has 5 nitrogen and oxygen atoms in total. The lowest BCUT2D eigenvalue weighted by Crippen LogP contribution is -2.35. The van der Waals surface area contributed by atoms with E-state index in [4.69, 9.17) is 5.11 Å². The van der Waals surface area contributed by atoms with Gasteiger partial charge in [-0.1, -0.05) is 18.2 Å². The van der Waals surface area contributed by atoms with Gasteiger partial charge in [0.15, 0.2) is 0 Å². The number of carboxylic acids is 1. The monoisotopic (exact) mass is 263 g/mol. The molecule has 2 atom stereocenters. The van der Waals surface area contributed by atoms with Gasteiger partial charge in [0.25, 0.3) is 0 Å². The van der Waals surface area contributed by atoms with Gasteiger partial charge in [-0.2, -0.15) is 0 Å². The molecule has 1 aliphatic carbocycles. The van der Waals surface area contributed by atoms with E-state index < -0.39 is 41.4 Å². The summed E-state index contributed by atoms with van der Waals surface area (Å²) in [7, 11) is 0. The van der Waals surface area contributed by atoms with Crippen LogP contribution < -0.4 is 0 Å². The van der Waals surface area contributed by atoms with Crippen molar-refractivity contribution in [1.82, 2.24) is 4.90 Å². The molecular formula is C13H10FNO4. The topological polar surface area (TPSA) is 74.7 Å². The number of carbonyl (C=O) groups excluding carboxylic acids is 2. The van der Waals surface area contributed by atoms with Crippen LogP contribution in [0.5, 0.6) is 0 Å². The van der Waals surface area contributed by atoms with Crippen molar-refractivity contribution in [2.75, 3.05) is 0 Å². The van der Waals surface area contributed by atoms with E-state index in [1.54, 1.807) is 6.07 Å². The van der Waals surface area contributed by atoms with E-state index in [1.165, 1.54) is 18.2 Å². The summed E-state index contributed by atoms with van der Waals surface area (Å²) in [5.41, 5.74) is 0.248. The molecule has 3 rings (SSSR count). The standard InChI is InChI=1S/C13H10FNO4/c14-7-4-2-1-3-6(7)5-15-11(16)8-9(12(15)17)10(8)13(18)19/h1-4,8-10H,5H2,(H,18,19). The fraction of sp³-hybridized carbons (Fsp3) is 0.308. The fourth-order valence-electron chi connectivity index (χ4n) is 2.65. The molecule has 0 radical (unpaired) electrons. The lowest BCUT2D eigenvalue weighted by Gasteiger charge is -2.17. The molecule has 0 spiro atoms. The summed E-state index contributed by atoms with van der Waals surface area (Å²) in [5.74, 6) is -5.03. The second-order valence-electron chi connectivity index (χ2n) is 4.77. The number of hydrogen-bond acceptors (Lipinski definition) is 3. The Morgan fingerprint density at radius 1 is 1.21 bits per heavy atom. The van der Waals surface area contributed by atoms with E-state index >= 15 is 0 Å². The van der Waals surface area contributed by atoms with Crippen molar-refractivity contribution in [3.63, 3.8) is 0 Å². The maximum Gasteiger partial charge on any atom is 0.308 e. The van der Waals surface area contributed by atoms with E-state index in [2.05, 4.69) is 0 Å². The lowest BCUT2D eigenvalue weighted by atomic mass is 10.2. The van der Waals surface area contributed by atoms with Crippen molar-refractivity contribution >= 4 is 17.8 Å². The van der Waals surface area contributed by atoms with E-state index in [-0.39, 0.29) is 12.1 Å². The van der Waals surface area contributed by atoms with Gasteiger partial charge in [0.1, 0.15) is 5.82 Å². The summed E-state index contributed by atoms with van der Waals surface area (Å²) < 4.78 is 13.5. The summed E-state index contributed by atoms with van der Waals surface area (Å²) in [4.78, 5) is 35.6. The Labute approximate surface area is 107 Å². The first kappa shape index (κ1) is 11.8. The number of amides is 2. The summed E-state index contributed by atoms with van der Waals surface area (Å²) in [6.07, 6.45) is 0. The van der Waals surface area contributed by atoms with Crippen molar-refractivity contribution in [3.8, 4) is 0 Å². The summed E-state index contributed by atoms with van der Waals surface area (Å²) in [6, 6.07) is 5.88. The van der Waals surface area contributed by atoms with Crippen LogP contribution in [-0.4, -0.2) is 27.8 Å². The van der Waals surface area contributed by atoms with Gasteiger partial charge in [0.05, 0.1) is 24.3 Å². The Morgan fingerprint density at radius 2 is 1.79 bits per heavy atom. The Hall–Kier alpha value is -2.24. The van der Waals surface area contributed by atoms with Crippen molar-refractivity contribution < 1.29 is 23.9 Å². The highest BCUT2D eigenvalue weighted by Crippen LogP contribution is 2.53. The first-order valence-electron chi connectivity index (χ1n) is 5.84. The van der Waals surface area contributed by atoms with Crippen LogP contribution in [-0.2, 0) is 20.9 Å². The third-order valence-electron chi connectivity index (χ3n) is 3.69. The Balaban J connectivity index is 1.79. The maximum absolute atomic E-state index is 13.5. The highest BCUT2D eigenvalue weighted by Gasteiger charge is 2.70. The first-order chi connectivity index (χ1) is 9.02. The number of piperidine rings is 1. The van der Waals surface area contributed by atoms with Crippen LogP contribution in [0.15, 0.2) is 24.3 Å². The molecule has 6 heteroatoms. The molecule has 2 aliphatic rings. The number of nitrogens with zero attached hydrogens (tertiary/aromatic N) is 1. The molecule has 1 heterocycles. The molecule has 1 aromatic carbocycles. The second kappa shape index (κ2) is 3.88. The zero-order valence-corrected chi connectivity index (χ0v) is 9.75. The minimum absolute atomic E-state index is 0.135. The number of halogens is 1. The number of imide groups is 1. The molecule has 1 saturated heterocycles. The Kier molecular flexibility index (Phi) is 2.41. The zero-order valence-electron chi connectivity index (χ0n) is 9.75. The highest BCUT2D eigenvalue weighted by molar-refractivity contribution is 6.13. The van der Waals surface area contributed by atoms with Crippen LogP contribution >= 0.6 is 0 Å². The van der Waals surface area contributed by atoms with Gasteiger partial charge < -0.3 is 5.11 Å². The van der Waals surface area contributed by atoms with Crippen LogP contribution in [0.4, 0.5) is 4.39 Å². The zero-order chi connectivity index (χ0) is 13.7. The van der Waals surface area contributed by atoms with Gasteiger partial charge in [-0.15, -0.1) is 0 Å². The average Bonchev–Trinajstić information content (AvgIpc) is 3.06. The minimum atomic E-state index is -1.12. The smallest absolute Gasteiger partial charge is 0.308 e. The molecule has 1 N–H and O–H groups in total. The Bertz CT molecular complexity index is 578. The molecule has 1 aromatic rings. The Morgan fingerprint density at radius 3 is 2.32 bits per heavy atom. The van der Waals surface area contributed by atoms with Gasteiger partial charge in [-0.05, 0) is 6.07 Å². The molecule has 19 heavy (non-hydrogen) atoms. The third kappa shape index (κ3) is 1.63. The molecule has 0 bridgehead atoms. The van der Waals surface area contributed by atoms with E-state index in [0.29, 0.717) is 0 Å². The largest absolute Gasteiger partial charge is 0.481 e.